The fourth-order valence-electron chi connectivity index (χ4n) is 2.02. The van der Waals surface area contributed by atoms with Gasteiger partial charge >= 0.3 is 5.97 Å². The summed E-state index contributed by atoms with van der Waals surface area (Å²) in [5, 5.41) is 7.99. The molecule has 0 saturated carbocycles. The lowest BCUT2D eigenvalue weighted by molar-refractivity contribution is 0.0285. The average Bonchev–Trinajstić information content (AvgIpc) is 3.17. The fraction of sp³-hybridized carbons (Fsp3) is 0.235. The topological polar surface area (TPSA) is 65.2 Å². The van der Waals surface area contributed by atoms with E-state index in [4.69, 9.17) is 9.15 Å². The highest BCUT2D eigenvalue weighted by molar-refractivity contribution is 7.13. The Kier molecular flexibility index (Phi) is 4.25. The first kappa shape index (κ1) is 15.4. The van der Waals surface area contributed by atoms with Crippen LogP contribution in [0.1, 0.15) is 39.0 Å². The third-order valence-electron chi connectivity index (χ3n) is 3.31. The number of carbonyl (C=O) groups excluding carboxylic acids is 1. The second-order valence-electron chi connectivity index (χ2n) is 5.27. The Hall–Kier alpha value is -2.47. The number of aromatic nitrogens is 2. The molecule has 0 N–H and O–H groups in total. The van der Waals surface area contributed by atoms with Gasteiger partial charge in [0.2, 0.25) is 5.89 Å². The van der Waals surface area contributed by atoms with Gasteiger partial charge in [-0.2, -0.15) is 0 Å². The molecule has 3 aromatic rings. The van der Waals surface area contributed by atoms with Crippen molar-refractivity contribution in [3.63, 3.8) is 0 Å². The SMILES string of the molecule is Cc1ccc(-c2nnc([C@@H](C)OC(=O)c3ccc(C)s3)o2)cc1. The lowest BCUT2D eigenvalue weighted by atomic mass is 10.1. The summed E-state index contributed by atoms with van der Waals surface area (Å²) in [6.45, 7) is 5.67. The van der Waals surface area contributed by atoms with Gasteiger partial charge in [0.15, 0.2) is 6.10 Å². The first-order valence-electron chi connectivity index (χ1n) is 7.21. The summed E-state index contributed by atoms with van der Waals surface area (Å²) >= 11 is 1.40. The Morgan fingerprint density at radius 3 is 2.52 bits per heavy atom. The van der Waals surface area contributed by atoms with Crippen LogP contribution in [0.2, 0.25) is 0 Å². The number of benzene rings is 1. The number of esters is 1. The van der Waals surface area contributed by atoms with E-state index in [1.165, 1.54) is 11.3 Å². The number of rotatable bonds is 4. The van der Waals surface area contributed by atoms with Crippen molar-refractivity contribution in [3.05, 3.63) is 57.6 Å². The van der Waals surface area contributed by atoms with Crippen LogP contribution >= 0.6 is 11.3 Å². The third-order valence-corrected chi connectivity index (χ3v) is 4.29. The molecule has 3 rings (SSSR count). The van der Waals surface area contributed by atoms with Crippen molar-refractivity contribution in [2.45, 2.75) is 26.9 Å². The molecule has 6 heteroatoms. The zero-order chi connectivity index (χ0) is 16.4. The Morgan fingerprint density at radius 2 is 1.87 bits per heavy atom. The van der Waals surface area contributed by atoms with Crippen molar-refractivity contribution in [2.75, 3.05) is 0 Å². The molecule has 0 spiro atoms. The molecule has 5 nitrogen and oxygen atoms in total. The van der Waals surface area contributed by atoms with Crippen LogP contribution in [0.5, 0.6) is 0 Å². The van der Waals surface area contributed by atoms with E-state index >= 15 is 0 Å². The van der Waals surface area contributed by atoms with Gasteiger partial charge in [-0.25, -0.2) is 4.79 Å². The lowest BCUT2D eigenvalue weighted by Gasteiger charge is -2.07. The Balaban J connectivity index is 1.72. The van der Waals surface area contributed by atoms with Crippen molar-refractivity contribution in [1.29, 1.82) is 0 Å². The molecule has 0 radical (unpaired) electrons. The summed E-state index contributed by atoms with van der Waals surface area (Å²) in [7, 11) is 0. The number of hydrogen-bond donors (Lipinski definition) is 0. The van der Waals surface area contributed by atoms with Gasteiger partial charge in [0.1, 0.15) is 4.88 Å². The molecule has 23 heavy (non-hydrogen) atoms. The van der Waals surface area contributed by atoms with Gasteiger partial charge in [-0.15, -0.1) is 21.5 Å². The Bertz CT molecular complexity index is 820. The summed E-state index contributed by atoms with van der Waals surface area (Å²) in [6, 6.07) is 11.4. The summed E-state index contributed by atoms with van der Waals surface area (Å²) in [5.74, 6) is 0.308. The molecule has 0 fully saturated rings. The first-order chi connectivity index (χ1) is 11.0. The zero-order valence-corrected chi connectivity index (χ0v) is 13.9. The number of thiophene rings is 1. The maximum atomic E-state index is 12.1. The average molecular weight is 328 g/mol. The monoisotopic (exact) mass is 328 g/mol. The quantitative estimate of drug-likeness (QED) is 0.667. The van der Waals surface area contributed by atoms with Gasteiger partial charge in [-0.3, -0.25) is 0 Å². The van der Waals surface area contributed by atoms with Crippen molar-refractivity contribution in [3.8, 4) is 11.5 Å². The molecular weight excluding hydrogens is 312 g/mol. The van der Waals surface area contributed by atoms with Gasteiger partial charge < -0.3 is 9.15 Å². The van der Waals surface area contributed by atoms with Gasteiger partial charge in [0, 0.05) is 10.4 Å². The van der Waals surface area contributed by atoms with Gasteiger partial charge in [0.05, 0.1) is 0 Å². The lowest BCUT2D eigenvalue weighted by Crippen LogP contribution is -2.08. The van der Waals surface area contributed by atoms with Gasteiger partial charge in [-0.1, -0.05) is 17.7 Å². The predicted octanol–water partition coefficient (Wildman–Crippen LogP) is 4.33. The minimum atomic E-state index is -0.600. The summed E-state index contributed by atoms with van der Waals surface area (Å²) in [6.07, 6.45) is -0.600. The maximum absolute atomic E-state index is 12.1. The minimum absolute atomic E-state index is 0.280. The molecule has 0 aliphatic rings. The fourth-order valence-corrected chi connectivity index (χ4v) is 2.78. The molecule has 0 aliphatic carbocycles. The van der Waals surface area contributed by atoms with Gasteiger partial charge in [0.25, 0.3) is 5.89 Å². The van der Waals surface area contributed by atoms with Crippen molar-refractivity contribution in [2.24, 2.45) is 0 Å². The Labute approximate surface area is 137 Å². The van der Waals surface area contributed by atoms with Crippen LogP contribution in [0, 0.1) is 13.8 Å². The third kappa shape index (κ3) is 3.48. The van der Waals surface area contributed by atoms with Crippen molar-refractivity contribution >= 4 is 17.3 Å². The Morgan fingerprint density at radius 1 is 1.13 bits per heavy atom. The molecular formula is C17H16N2O3S. The van der Waals surface area contributed by atoms with Crippen LogP contribution in [0.25, 0.3) is 11.5 Å². The number of ether oxygens (including phenoxy) is 1. The van der Waals surface area contributed by atoms with E-state index in [-0.39, 0.29) is 11.9 Å². The number of nitrogens with zero attached hydrogens (tertiary/aromatic N) is 2. The highest BCUT2D eigenvalue weighted by atomic mass is 32.1. The molecule has 1 aromatic carbocycles. The number of aryl methyl sites for hydroxylation is 2. The van der Waals surface area contributed by atoms with E-state index in [2.05, 4.69) is 10.2 Å². The van der Waals surface area contributed by atoms with Crippen molar-refractivity contribution in [1.82, 2.24) is 10.2 Å². The standard InChI is InChI=1S/C17H16N2O3S/c1-10-4-7-13(8-5-10)16-19-18-15(22-16)12(3)21-17(20)14-9-6-11(2)23-14/h4-9,12H,1-3H3/t12-/m1/s1. The van der Waals surface area contributed by atoms with Crippen LogP contribution in [-0.4, -0.2) is 16.2 Å². The van der Waals surface area contributed by atoms with E-state index in [9.17, 15) is 4.79 Å². The van der Waals surface area contributed by atoms with E-state index in [1.54, 1.807) is 13.0 Å². The molecule has 1 atom stereocenters. The van der Waals surface area contributed by atoms with Crippen LogP contribution < -0.4 is 0 Å². The predicted molar refractivity (Wildman–Crippen MR) is 87.4 cm³/mol. The molecule has 0 amide bonds. The molecule has 2 aromatic heterocycles. The molecule has 2 heterocycles. The van der Waals surface area contributed by atoms with Crippen LogP contribution in [-0.2, 0) is 4.74 Å². The van der Waals surface area contributed by atoms with Crippen LogP contribution in [0.4, 0.5) is 0 Å². The second-order valence-corrected chi connectivity index (χ2v) is 6.56. The van der Waals surface area contributed by atoms with Crippen LogP contribution in [0.3, 0.4) is 0 Å². The van der Waals surface area contributed by atoms with E-state index in [0.717, 1.165) is 16.0 Å². The summed E-state index contributed by atoms with van der Waals surface area (Å²) in [5.41, 5.74) is 1.99. The summed E-state index contributed by atoms with van der Waals surface area (Å²) < 4.78 is 11.0. The molecule has 0 unspecified atom stereocenters. The normalized spacial score (nSPS) is 12.1. The van der Waals surface area contributed by atoms with Crippen molar-refractivity contribution < 1.29 is 13.9 Å². The minimum Gasteiger partial charge on any atom is -0.448 e. The molecule has 0 bridgehead atoms. The van der Waals surface area contributed by atoms with E-state index < -0.39 is 6.10 Å². The smallest absolute Gasteiger partial charge is 0.349 e. The molecule has 0 aliphatic heterocycles. The molecule has 118 valence electrons. The highest BCUT2D eigenvalue weighted by Gasteiger charge is 2.20. The summed E-state index contributed by atoms with van der Waals surface area (Å²) in [4.78, 5) is 13.7. The van der Waals surface area contributed by atoms with Crippen LogP contribution in [0.15, 0.2) is 40.8 Å². The van der Waals surface area contributed by atoms with Gasteiger partial charge in [-0.05, 0) is 45.0 Å². The largest absolute Gasteiger partial charge is 0.448 e. The zero-order valence-electron chi connectivity index (χ0n) is 13.1. The highest BCUT2D eigenvalue weighted by Crippen LogP contribution is 2.24. The number of carbonyl (C=O) groups is 1. The van der Waals surface area contributed by atoms with E-state index in [1.807, 2.05) is 44.2 Å². The molecule has 0 saturated heterocycles. The van der Waals surface area contributed by atoms with E-state index in [0.29, 0.717) is 10.8 Å². The maximum Gasteiger partial charge on any atom is 0.349 e. The second kappa shape index (κ2) is 6.34. The number of hydrogen-bond acceptors (Lipinski definition) is 6. The first-order valence-corrected chi connectivity index (χ1v) is 8.02.